The number of amides is 3. The number of piperidine rings is 1. The molecule has 0 aliphatic carbocycles. The molecule has 1 aliphatic rings. The van der Waals surface area contributed by atoms with Crippen molar-refractivity contribution in [2.24, 2.45) is 5.41 Å². The predicted molar refractivity (Wildman–Crippen MR) is 91.2 cm³/mol. The van der Waals surface area contributed by atoms with Crippen LogP contribution in [-0.4, -0.2) is 43.5 Å². The molecule has 6 heteroatoms. The maximum Gasteiger partial charge on any atom is 0.317 e. The van der Waals surface area contributed by atoms with E-state index in [-0.39, 0.29) is 30.2 Å². The quantitative estimate of drug-likeness (QED) is 0.888. The highest BCUT2D eigenvalue weighted by atomic mass is 19.1. The Morgan fingerprint density at radius 2 is 1.96 bits per heavy atom. The molecule has 5 nitrogen and oxygen atoms in total. The van der Waals surface area contributed by atoms with Crippen LogP contribution in [0.4, 0.5) is 9.18 Å². The van der Waals surface area contributed by atoms with Crippen LogP contribution in [0, 0.1) is 11.2 Å². The SMILES string of the molecule is CNC(=O)C(C)(C)CNC(=O)N1CCC(c2cccc(F)c2)CC1. The Kier molecular flexibility index (Phi) is 5.80. The van der Waals surface area contributed by atoms with Gasteiger partial charge < -0.3 is 15.5 Å². The fourth-order valence-corrected chi connectivity index (χ4v) is 3.00. The minimum atomic E-state index is -0.649. The smallest absolute Gasteiger partial charge is 0.317 e. The third-order valence-electron chi connectivity index (χ3n) is 4.63. The lowest BCUT2D eigenvalue weighted by Crippen LogP contribution is -2.49. The van der Waals surface area contributed by atoms with Crippen LogP contribution in [0.25, 0.3) is 0 Å². The first-order valence-electron chi connectivity index (χ1n) is 8.34. The first-order chi connectivity index (χ1) is 11.3. The molecule has 1 aromatic carbocycles. The predicted octanol–water partition coefficient (Wildman–Crippen LogP) is 2.49. The van der Waals surface area contributed by atoms with Crippen LogP contribution < -0.4 is 10.6 Å². The number of benzene rings is 1. The lowest BCUT2D eigenvalue weighted by Gasteiger charge is -2.33. The standard InChI is InChI=1S/C18H26FN3O2/c1-18(2,16(23)20-3)12-21-17(24)22-9-7-13(8-10-22)14-5-4-6-15(19)11-14/h4-6,11,13H,7-10,12H2,1-3H3,(H,20,23)(H,21,24). The van der Waals surface area contributed by atoms with Gasteiger partial charge in [-0.2, -0.15) is 0 Å². The van der Waals surface area contributed by atoms with Gasteiger partial charge in [0, 0.05) is 26.7 Å². The van der Waals surface area contributed by atoms with E-state index >= 15 is 0 Å². The van der Waals surface area contributed by atoms with Crippen LogP contribution in [0.2, 0.25) is 0 Å². The summed E-state index contributed by atoms with van der Waals surface area (Å²) in [6.07, 6.45) is 1.63. The maximum absolute atomic E-state index is 13.3. The Balaban J connectivity index is 1.83. The van der Waals surface area contributed by atoms with Gasteiger partial charge in [0.25, 0.3) is 0 Å². The third kappa shape index (κ3) is 4.46. The average Bonchev–Trinajstić information content (AvgIpc) is 2.59. The maximum atomic E-state index is 13.3. The summed E-state index contributed by atoms with van der Waals surface area (Å²) in [6, 6.07) is 6.54. The van der Waals surface area contributed by atoms with Gasteiger partial charge in [-0.1, -0.05) is 12.1 Å². The highest BCUT2D eigenvalue weighted by Gasteiger charge is 2.29. The van der Waals surface area contributed by atoms with Crippen LogP contribution in [-0.2, 0) is 4.79 Å². The summed E-state index contributed by atoms with van der Waals surface area (Å²) in [5, 5.41) is 5.44. The van der Waals surface area contributed by atoms with Gasteiger partial charge in [-0.05, 0) is 50.3 Å². The first kappa shape index (κ1) is 18.2. The number of urea groups is 1. The molecule has 0 unspecified atom stereocenters. The average molecular weight is 335 g/mol. The number of carbonyl (C=O) groups excluding carboxylic acids is 2. The lowest BCUT2D eigenvalue weighted by atomic mass is 9.89. The molecule has 1 aromatic rings. The zero-order chi connectivity index (χ0) is 17.7. The normalized spacial score (nSPS) is 15.9. The van der Waals surface area contributed by atoms with Gasteiger partial charge in [-0.25, -0.2) is 9.18 Å². The fourth-order valence-electron chi connectivity index (χ4n) is 3.00. The largest absolute Gasteiger partial charge is 0.359 e. The Bertz CT molecular complexity index is 596. The van der Waals surface area contributed by atoms with Gasteiger partial charge in [-0.15, -0.1) is 0 Å². The van der Waals surface area contributed by atoms with Crippen LogP contribution in [0.5, 0.6) is 0 Å². The van der Waals surface area contributed by atoms with Crippen molar-refractivity contribution in [1.82, 2.24) is 15.5 Å². The Morgan fingerprint density at radius 3 is 2.54 bits per heavy atom. The summed E-state index contributed by atoms with van der Waals surface area (Å²) in [5.74, 6) is -0.0382. The molecule has 0 bridgehead atoms. The lowest BCUT2D eigenvalue weighted by molar-refractivity contribution is -0.128. The molecule has 0 saturated carbocycles. The number of nitrogens with one attached hydrogen (secondary N) is 2. The van der Waals surface area contributed by atoms with Gasteiger partial charge >= 0.3 is 6.03 Å². The van der Waals surface area contributed by atoms with E-state index in [1.165, 1.54) is 6.07 Å². The summed E-state index contributed by atoms with van der Waals surface area (Å²) in [5.41, 5.74) is 0.348. The van der Waals surface area contributed by atoms with Crippen molar-refractivity contribution in [3.05, 3.63) is 35.6 Å². The number of likely N-dealkylation sites (tertiary alicyclic amines) is 1. The number of hydrogen-bond acceptors (Lipinski definition) is 2. The van der Waals surface area contributed by atoms with E-state index in [0.29, 0.717) is 13.1 Å². The second-order valence-electron chi connectivity index (χ2n) is 6.94. The summed E-state index contributed by atoms with van der Waals surface area (Å²) in [4.78, 5) is 25.8. The van der Waals surface area contributed by atoms with Crippen molar-refractivity contribution >= 4 is 11.9 Å². The molecular weight excluding hydrogens is 309 g/mol. The minimum absolute atomic E-state index is 0.104. The van der Waals surface area contributed by atoms with Crippen molar-refractivity contribution in [3.8, 4) is 0 Å². The van der Waals surface area contributed by atoms with Crippen LogP contribution >= 0.6 is 0 Å². The molecule has 0 atom stereocenters. The molecule has 132 valence electrons. The van der Waals surface area contributed by atoms with E-state index in [9.17, 15) is 14.0 Å². The van der Waals surface area contributed by atoms with E-state index in [4.69, 9.17) is 0 Å². The van der Waals surface area contributed by atoms with Gasteiger partial charge in [0.15, 0.2) is 0 Å². The summed E-state index contributed by atoms with van der Waals surface area (Å²) in [6.45, 7) is 5.14. The van der Waals surface area contributed by atoms with Crippen LogP contribution in [0.15, 0.2) is 24.3 Å². The summed E-state index contributed by atoms with van der Waals surface area (Å²) < 4.78 is 13.3. The van der Waals surface area contributed by atoms with Crippen LogP contribution in [0.1, 0.15) is 38.2 Å². The molecule has 3 amide bonds. The van der Waals surface area contributed by atoms with Crippen LogP contribution in [0.3, 0.4) is 0 Å². The van der Waals surface area contributed by atoms with Crippen molar-refractivity contribution in [2.75, 3.05) is 26.7 Å². The monoisotopic (exact) mass is 335 g/mol. The fraction of sp³-hybridized carbons (Fsp3) is 0.556. The second kappa shape index (κ2) is 7.64. The number of halogens is 1. The van der Waals surface area contributed by atoms with E-state index in [1.54, 1.807) is 37.9 Å². The van der Waals surface area contributed by atoms with Gasteiger partial charge in [0.2, 0.25) is 5.91 Å². The number of hydrogen-bond donors (Lipinski definition) is 2. The molecule has 1 heterocycles. The number of carbonyl (C=O) groups is 2. The molecular formula is C18H26FN3O2. The molecule has 1 fully saturated rings. The Morgan fingerprint density at radius 1 is 1.29 bits per heavy atom. The summed E-state index contributed by atoms with van der Waals surface area (Å²) >= 11 is 0. The molecule has 2 rings (SSSR count). The molecule has 0 radical (unpaired) electrons. The minimum Gasteiger partial charge on any atom is -0.359 e. The third-order valence-corrected chi connectivity index (χ3v) is 4.63. The van der Waals surface area contributed by atoms with Gasteiger partial charge in [0.1, 0.15) is 5.82 Å². The van der Waals surface area contributed by atoms with Gasteiger partial charge in [0.05, 0.1) is 5.41 Å². The Hall–Kier alpha value is -2.11. The highest BCUT2D eigenvalue weighted by Crippen LogP contribution is 2.28. The summed E-state index contributed by atoms with van der Waals surface area (Å²) in [7, 11) is 1.59. The van der Waals surface area contributed by atoms with E-state index in [0.717, 1.165) is 18.4 Å². The van der Waals surface area contributed by atoms with Crippen molar-refractivity contribution < 1.29 is 14.0 Å². The first-order valence-corrected chi connectivity index (χ1v) is 8.34. The highest BCUT2D eigenvalue weighted by molar-refractivity contribution is 5.83. The molecule has 1 aliphatic heterocycles. The topological polar surface area (TPSA) is 61.4 Å². The molecule has 2 N–H and O–H groups in total. The second-order valence-corrected chi connectivity index (χ2v) is 6.94. The number of nitrogens with zero attached hydrogens (tertiary/aromatic N) is 1. The molecule has 24 heavy (non-hydrogen) atoms. The zero-order valence-electron chi connectivity index (χ0n) is 14.6. The van der Waals surface area contributed by atoms with Crippen molar-refractivity contribution in [3.63, 3.8) is 0 Å². The molecule has 1 saturated heterocycles. The van der Waals surface area contributed by atoms with Crippen molar-refractivity contribution in [2.45, 2.75) is 32.6 Å². The van der Waals surface area contributed by atoms with Gasteiger partial charge in [-0.3, -0.25) is 4.79 Å². The Labute approximate surface area is 142 Å². The van der Waals surface area contributed by atoms with E-state index < -0.39 is 5.41 Å². The molecule has 0 spiro atoms. The number of rotatable bonds is 4. The van der Waals surface area contributed by atoms with E-state index in [1.807, 2.05) is 6.07 Å². The molecule has 0 aromatic heterocycles. The van der Waals surface area contributed by atoms with E-state index in [2.05, 4.69) is 10.6 Å². The zero-order valence-corrected chi connectivity index (χ0v) is 14.6. The van der Waals surface area contributed by atoms with Crippen molar-refractivity contribution in [1.29, 1.82) is 0 Å².